The number of aliphatic hydroxyl groups excluding tert-OH is 1. The van der Waals surface area contributed by atoms with Crippen LogP contribution in [0.4, 0.5) is 0 Å². The van der Waals surface area contributed by atoms with E-state index < -0.39 is 6.10 Å². The lowest BCUT2D eigenvalue weighted by atomic mass is 10.0. The van der Waals surface area contributed by atoms with Gasteiger partial charge >= 0.3 is 0 Å². The second-order valence-electron chi connectivity index (χ2n) is 4.76. The summed E-state index contributed by atoms with van der Waals surface area (Å²) in [4.78, 5) is 11.4. The summed E-state index contributed by atoms with van der Waals surface area (Å²) in [7, 11) is 0. The molecule has 1 atom stereocenters. The summed E-state index contributed by atoms with van der Waals surface area (Å²) in [6.45, 7) is 3.60. The van der Waals surface area contributed by atoms with Crippen molar-refractivity contribution < 1.29 is 14.6 Å². The van der Waals surface area contributed by atoms with Gasteiger partial charge in [0.2, 0.25) is 0 Å². The van der Waals surface area contributed by atoms with Gasteiger partial charge in [0.1, 0.15) is 12.4 Å². The Morgan fingerprint density at radius 1 is 1.20 bits per heavy atom. The van der Waals surface area contributed by atoms with Gasteiger partial charge in [-0.1, -0.05) is 30.3 Å². The standard InChI is InChI=1S/C17H18O3/c1-12(18)15-8-9-17(16(10-15)13(2)19)20-11-14-6-4-3-5-7-14/h3-10,13,19H,11H2,1-2H3/t13-/m1/s1. The van der Waals surface area contributed by atoms with Crippen LogP contribution >= 0.6 is 0 Å². The average Bonchev–Trinajstić information content (AvgIpc) is 2.45. The summed E-state index contributed by atoms with van der Waals surface area (Å²) in [5.41, 5.74) is 2.27. The van der Waals surface area contributed by atoms with Crippen LogP contribution in [0, 0.1) is 0 Å². The van der Waals surface area contributed by atoms with E-state index in [2.05, 4.69) is 0 Å². The van der Waals surface area contributed by atoms with Crippen LogP contribution in [0.2, 0.25) is 0 Å². The largest absolute Gasteiger partial charge is 0.489 e. The van der Waals surface area contributed by atoms with Gasteiger partial charge in [-0.2, -0.15) is 0 Å². The summed E-state index contributed by atoms with van der Waals surface area (Å²) in [6, 6.07) is 15.0. The molecule has 0 fully saturated rings. The molecule has 20 heavy (non-hydrogen) atoms. The van der Waals surface area contributed by atoms with Crippen molar-refractivity contribution in [3.8, 4) is 5.75 Å². The van der Waals surface area contributed by atoms with Crippen LogP contribution in [0.1, 0.15) is 41.4 Å². The highest BCUT2D eigenvalue weighted by Gasteiger charge is 2.12. The van der Waals surface area contributed by atoms with E-state index in [9.17, 15) is 9.90 Å². The van der Waals surface area contributed by atoms with Crippen LogP contribution in [-0.2, 0) is 6.61 Å². The van der Waals surface area contributed by atoms with Gasteiger partial charge in [0, 0.05) is 11.1 Å². The van der Waals surface area contributed by atoms with E-state index in [0.717, 1.165) is 5.56 Å². The Hall–Kier alpha value is -2.13. The summed E-state index contributed by atoms with van der Waals surface area (Å²) >= 11 is 0. The van der Waals surface area contributed by atoms with E-state index in [4.69, 9.17) is 4.74 Å². The smallest absolute Gasteiger partial charge is 0.159 e. The molecule has 0 saturated carbocycles. The highest BCUT2D eigenvalue weighted by atomic mass is 16.5. The number of aliphatic hydroxyl groups is 1. The zero-order valence-corrected chi connectivity index (χ0v) is 11.7. The van der Waals surface area contributed by atoms with Gasteiger partial charge in [-0.3, -0.25) is 4.79 Å². The first-order valence-corrected chi connectivity index (χ1v) is 6.57. The van der Waals surface area contributed by atoms with Gasteiger partial charge in [0.15, 0.2) is 5.78 Å². The van der Waals surface area contributed by atoms with E-state index in [1.165, 1.54) is 6.92 Å². The second-order valence-corrected chi connectivity index (χ2v) is 4.76. The molecule has 0 aromatic heterocycles. The zero-order chi connectivity index (χ0) is 14.5. The van der Waals surface area contributed by atoms with Crippen LogP contribution < -0.4 is 4.74 Å². The molecule has 2 aromatic carbocycles. The van der Waals surface area contributed by atoms with Gasteiger partial charge < -0.3 is 9.84 Å². The van der Waals surface area contributed by atoms with Crippen molar-refractivity contribution in [2.45, 2.75) is 26.6 Å². The van der Waals surface area contributed by atoms with Crippen molar-refractivity contribution in [1.82, 2.24) is 0 Å². The molecule has 0 radical (unpaired) electrons. The predicted molar refractivity (Wildman–Crippen MR) is 77.9 cm³/mol. The number of rotatable bonds is 5. The Kier molecular flexibility index (Phi) is 4.53. The molecule has 104 valence electrons. The van der Waals surface area contributed by atoms with Gasteiger partial charge in [-0.05, 0) is 37.6 Å². The van der Waals surface area contributed by atoms with E-state index in [1.54, 1.807) is 25.1 Å². The van der Waals surface area contributed by atoms with Crippen molar-refractivity contribution >= 4 is 5.78 Å². The minimum absolute atomic E-state index is 0.0264. The molecule has 0 amide bonds. The lowest BCUT2D eigenvalue weighted by Crippen LogP contribution is -2.03. The molecule has 0 saturated heterocycles. The number of benzene rings is 2. The maximum atomic E-state index is 11.4. The van der Waals surface area contributed by atoms with Crippen molar-refractivity contribution in [2.75, 3.05) is 0 Å². The van der Waals surface area contributed by atoms with E-state index in [-0.39, 0.29) is 5.78 Å². The second kappa shape index (κ2) is 6.35. The first-order chi connectivity index (χ1) is 9.58. The third-order valence-electron chi connectivity index (χ3n) is 3.10. The molecular formula is C17H18O3. The van der Waals surface area contributed by atoms with E-state index >= 15 is 0 Å². The maximum absolute atomic E-state index is 11.4. The van der Waals surface area contributed by atoms with Crippen molar-refractivity contribution in [3.05, 3.63) is 65.2 Å². The molecule has 2 aromatic rings. The summed E-state index contributed by atoms with van der Waals surface area (Å²) in [6.07, 6.45) is -0.680. The first kappa shape index (κ1) is 14.3. The average molecular weight is 270 g/mol. The maximum Gasteiger partial charge on any atom is 0.159 e. The normalized spacial score (nSPS) is 11.9. The van der Waals surface area contributed by atoms with E-state index in [1.807, 2.05) is 30.3 Å². The number of Topliss-reactive ketones (excluding diaryl/α,β-unsaturated/α-hetero) is 1. The Labute approximate surface area is 118 Å². The van der Waals surface area contributed by atoms with Crippen LogP contribution in [0.5, 0.6) is 5.75 Å². The van der Waals surface area contributed by atoms with Crippen molar-refractivity contribution in [3.63, 3.8) is 0 Å². The quantitative estimate of drug-likeness (QED) is 0.845. The molecule has 0 spiro atoms. The minimum Gasteiger partial charge on any atom is -0.489 e. The Morgan fingerprint density at radius 2 is 1.90 bits per heavy atom. The Balaban J connectivity index is 2.20. The minimum atomic E-state index is -0.680. The topological polar surface area (TPSA) is 46.5 Å². The molecule has 2 rings (SSSR count). The number of ether oxygens (including phenoxy) is 1. The number of carbonyl (C=O) groups excluding carboxylic acids is 1. The summed E-state index contributed by atoms with van der Waals surface area (Å²) in [5, 5.41) is 9.82. The van der Waals surface area contributed by atoms with Crippen molar-refractivity contribution in [1.29, 1.82) is 0 Å². The molecular weight excluding hydrogens is 252 g/mol. The molecule has 0 aliphatic heterocycles. The fourth-order valence-corrected chi connectivity index (χ4v) is 1.96. The molecule has 3 nitrogen and oxygen atoms in total. The van der Waals surface area contributed by atoms with E-state index in [0.29, 0.717) is 23.5 Å². The third-order valence-corrected chi connectivity index (χ3v) is 3.10. The molecule has 1 N–H and O–H groups in total. The number of ketones is 1. The monoisotopic (exact) mass is 270 g/mol. The van der Waals surface area contributed by atoms with Crippen LogP contribution in [0.25, 0.3) is 0 Å². The fourth-order valence-electron chi connectivity index (χ4n) is 1.96. The van der Waals surface area contributed by atoms with Crippen molar-refractivity contribution in [2.24, 2.45) is 0 Å². The Morgan fingerprint density at radius 3 is 2.50 bits per heavy atom. The first-order valence-electron chi connectivity index (χ1n) is 6.57. The SMILES string of the molecule is CC(=O)c1ccc(OCc2ccccc2)c([C@@H](C)O)c1. The number of hydrogen-bond donors (Lipinski definition) is 1. The van der Waals surface area contributed by atoms with Crippen LogP contribution in [-0.4, -0.2) is 10.9 Å². The predicted octanol–water partition coefficient (Wildman–Crippen LogP) is 3.52. The molecule has 0 aliphatic carbocycles. The van der Waals surface area contributed by atoms with Gasteiger partial charge in [0.05, 0.1) is 6.10 Å². The van der Waals surface area contributed by atoms with Crippen LogP contribution in [0.3, 0.4) is 0 Å². The third kappa shape index (κ3) is 3.45. The Bertz CT molecular complexity index is 588. The molecule has 0 bridgehead atoms. The van der Waals surface area contributed by atoms with Gasteiger partial charge in [-0.15, -0.1) is 0 Å². The number of hydrogen-bond acceptors (Lipinski definition) is 3. The van der Waals surface area contributed by atoms with Crippen LogP contribution in [0.15, 0.2) is 48.5 Å². The molecule has 3 heteroatoms. The number of carbonyl (C=O) groups is 1. The lowest BCUT2D eigenvalue weighted by Gasteiger charge is -2.14. The van der Waals surface area contributed by atoms with Gasteiger partial charge in [-0.25, -0.2) is 0 Å². The molecule has 0 heterocycles. The zero-order valence-electron chi connectivity index (χ0n) is 11.7. The molecule has 0 unspecified atom stereocenters. The molecule has 0 aliphatic rings. The highest BCUT2D eigenvalue weighted by molar-refractivity contribution is 5.94. The summed E-state index contributed by atoms with van der Waals surface area (Å²) in [5.74, 6) is 0.579. The highest BCUT2D eigenvalue weighted by Crippen LogP contribution is 2.27. The summed E-state index contributed by atoms with van der Waals surface area (Å²) < 4.78 is 5.75. The lowest BCUT2D eigenvalue weighted by molar-refractivity contribution is 0.101. The fraction of sp³-hybridized carbons (Fsp3) is 0.235. The van der Waals surface area contributed by atoms with Gasteiger partial charge in [0.25, 0.3) is 0 Å².